The molecule has 0 bridgehead atoms. The Morgan fingerprint density at radius 3 is 2.25 bits per heavy atom. The molecule has 0 unspecified atom stereocenters. The highest BCUT2D eigenvalue weighted by atomic mass is 16.5. The number of aliphatic hydroxyl groups is 1. The highest BCUT2D eigenvalue weighted by Gasteiger charge is 2.23. The van der Waals surface area contributed by atoms with E-state index in [9.17, 15) is 19.5 Å². The van der Waals surface area contributed by atoms with Crippen molar-refractivity contribution in [3.8, 4) is 0 Å². The highest BCUT2D eigenvalue weighted by molar-refractivity contribution is 6.21. The average molecular weight is 277 g/mol. The zero-order valence-electron chi connectivity index (χ0n) is 11.4. The van der Waals surface area contributed by atoms with Crippen molar-refractivity contribution in [3.63, 3.8) is 0 Å². The molecule has 0 aliphatic heterocycles. The summed E-state index contributed by atoms with van der Waals surface area (Å²) < 4.78 is 4.47. The van der Waals surface area contributed by atoms with Gasteiger partial charge in [-0.2, -0.15) is 0 Å². The number of para-hydroxylation sites is 1. The molecule has 6 heteroatoms. The highest BCUT2D eigenvalue weighted by Crippen LogP contribution is 2.25. The van der Waals surface area contributed by atoms with Crippen LogP contribution in [0, 0.1) is 0 Å². The van der Waals surface area contributed by atoms with Gasteiger partial charge in [0.1, 0.15) is 11.3 Å². The number of nitrogens with one attached hydrogen (secondary N) is 1. The van der Waals surface area contributed by atoms with Gasteiger partial charge in [-0.15, -0.1) is 0 Å². The number of ketones is 1. The number of benzene rings is 1. The molecular formula is C14H15NO5. The lowest BCUT2D eigenvalue weighted by Crippen LogP contribution is -2.15. The van der Waals surface area contributed by atoms with Crippen LogP contribution in [0.5, 0.6) is 0 Å². The molecule has 0 fully saturated rings. The predicted molar refractivity (Wildman–Crippen MR) is 73.0 cm³/mol. The summed E-state index contributed by atoms with van der Waals surface area (Å²) in [5.74, 6) is -2.44. The topological polar surface area (TPSA) is 92.7 Å². The van der Waals surface area contributed by atoms with Gasteiger partial charge >= 0.3 is 5.97 Å². The van der Waals surface area contributed by atoms with E-state index in [1.54, 1.807) is 18.2 Å². The van der Waals surface area contributed by atoms with Crippen molar-refractivity contribution in [2.24, 2.45) is 0 Å². The van der Waals surface area contributed by atoms with Crippen LogP contribution in [0.1, 0.15) is 19.4 Å². The predicted octanol–water partition coefficient (Wildman–Crippen LogP) is 1.68. The lowest BCUT2D eigenvalue weighted by atomic mass is 10.0. The largest absolute Gasteiger partial charge is 0.506 e. The van der Waals surface area contributed by atoms with Crippen molar-refractivity contribution < 1.29 is 24.2 Å². The molecule has 0 spiro atoms. The van der Waals surface area contributed by atoms with Crippen LogP contribution in [0.15, 0.2) is 29.8 Å². The molecule has 20 heavy (non-hydrogen) atoms. The zero-order valence-corrected chi connectivity index (χ0v) is 11.4. The zero-order chi connectivity index (χ0) is 15.3. The third-order valence-corrected chi connectivity index (χ3v) is 2.47. The fourth-order valence-corrected chi connectivity index (χ4v) is 1.63. The van der Waals surface area contributed by atoms with E-state index in [4.69, 9.17) is 0 Å². The first-order valence-electron chi connectivity index (χ1n) is 5.78. The van der Waals surface area contributed by atoms with Crippen molar-refractivity contribution >= 4 is 29.1 Å². The Bertz CT molecular complexity index is 589. The molecule has 0 aliphatic carbocycles. The fourth-order valence-electron chi connectivity index (χ4n) is 1.63. The van der Waals surface area contributed by atoms with Gasteiger partial charge in [-0.1, -0.05) is 12.1 Å². The minimum Gasteiger partial charge on any atom is -0.506 e. The van der Waals surface area contributed by atoms with Crippen LogP contribution in [-0.4, -0.2) is 29.9 Å². The number of ether oxygens (including phenoxy) is 1. The third-order valence-electron chi connectivity index (χ3n) is 2.47. The summed E-state index contributed by atoms with van der Waals surface area (Å²) in [7, 11) is 1.11. The number of Topliss-reactive ketones (excluding diaryl/α,β-unsaturated/α-hetero) is 1. The first kappa shape index (κ1) is 15.4. The Balaban J connectivity index is 3.44. The molecule has 1 aromatic rings. The number of anilines is 1. The number of amides is 1. The molecule has 0 heterocycles. The standard InChI is InChI=1S/C14H15NO5/c1-8(16)12(14(19)20-3)13(18)10-6-4-5-7-11(10)15-9(2)17/h4-7,18H,1-3H3,(H,15,17)/b13-12-. The maximum Gasteiger partial charge on any atom is 0.345 e. The second kappa shape index (κ2) is 6.51. The molecule has 6 nitrogen and oxygen atoms in total. The maximum absolute atomic E-state index is 11.6. The van der Waals surface area contributed by atoms with Gasteiger partial charge in [-0.05, 0) is 19.1 Å². The average Bonchev–Trinajstić information content (AvgIpc) is 2.38. The van der Waals surface area contributed by atoms with Crippen LogP contribution in [0.4, 0.5) is 5.69 Å². The van der Waals surface area contributed by atoms with Gasteiger partial charge in [-0.25, -0.2) is 4.79 Å². The van der Waals surface area contributed by atoms with Crippen LogP contribution in [-0.2, 0) is 19.1 Å². The van der Waals surface area contributed by atoms with E-state index in [1.165, 1.54) is 13.0 Å². The van der Waals surface area contributed by atoms with Crippen molar-refractivity contribution in [2.45, 2.75) is 13.8 Å². The number of methoxy groups -OCH3 is 1. The molecule has 106 valence electrons. The van der Waals surface area contributed by atoms with Crippen molar-refractivity contribution in [1.29, 1.82) is 0 Å². The molecule has 0 aliphatic rings. The SMILES string of the molecule is COC(=O)/C(C(C)=O)=C(\O)c1ccccc1NC(C)=O. The first-order valence-corrected chi connectivity index (χ1v) is 5.78. The molecule has 0 radical (unpaired) electrons. The van der Waals surface area contributed by atoms with Crippen molar-refractivity contribution in [2.75, 3.05) is 12.4 Å². The lowest BCUT2D eigenvalue weighted by Gasteiger charge is -2.11. The van der Waals surface area contributed by atoms with Gasteiger partial charge in [0.2, 0.25) is 5.91 Å². The summed E-state index contributed by atoms with van der Waals surface area (Å²) in [5, 5.41) is 12.7. The minimum absolute atomic E-state index is 0.165. The van der Waals surface area contributed by atoms with E-state index >= 15 is 0 Å². The van der Waals surface area contributed by atoms with E-state index in [0.29, 0.717) is 5.69 Å². The molecule has 1 amide bonds. The fraction of sp³-hybridized carbons (Fsp3) is 0.214. The van der Waals surface area contributed by atoms with Crippen LogP contribution in [0.25, 0.3) is 5.76 Å². The van der Waals surface area contributed by atoms with Gasteiger partial charge in [0.25, 0.3) is 0 Å². The summed E-state index contributed by atoms with van der Waals surface area (Å²) in [6.07, 6.45) is 0. The maximum atomic E-state index is 11.6. The Morgan fingerprint density at radius 1 is 1.15 bits per heavy atom. The van der Waals surface area contributed by atoms with E-state index in [2.05, 4.69) is 10.1 Å². The number of carbonyl (C=O) groups is 3. The van der Waals surface area contributed by atoms with E-state index in [-0.39, 0.29) is 11.5 Å². The second-order valence-corrected chi connectivity index (χ2v) is 4.00. The molecule has 0 atom stereocenters. The van der Waals surface area contributed by atoms with E-state index in [1.807, 2.05) is 0 Å². The Labute approximate surface area is 116 Å². The molecule has 0 saturated carbocycles. The normalized spacial score (nSPS) is 11.3. The second-order valence-electron chi connectivity index (χ2n) is 4.00. The van der Waals surface area contributed by atoms with Crippen LogP contribution < -0.4 is 5.32 Å². The van der Waals surface area contributed by atoms with Gasteiger partial charge in [0.15, 0.2) is 5.78 Å². The molecule has 1 rings (SSSR count). The Morgan fingerprint density at radius 2 is 1.75 bits per heavy atom. The lowest BCUT2D eigenvalue weighted by molar-refractivity contribution is -0.137. The Hall–Kier alpha value is -2.63. The van der Waals surface area contributed by atoms with E-state index < -0.39 is 23.1 Å². The number of carbonyl (C=O) groups excluding carboxylic acids is 3. The van der Waals surface area contributed by atoms with Crippen molar-refractivity contribution in [3.05, 3.63) is 35.4 Å². The number of aliphatic hydroxyl groups excluding tert-OH is 1. The minimum atomic E-state index is -0.937. The first-order chi connectivity index (χ1) is 9.38. The number of hydrogen-bond donors (Lipinski definition) is 2. The monoisotopic (exact) mass is 277 g/mol. The smallest absolute Gasteiger partial charge is 0.345 e. The van der Waals surface area contributed by atoms with Crippen molar-refractivity contribution in [1.82, 2.24) is 0 Å². The van der Waals surface area contributed by atoms with E-state index in [0.717, 1.165) is 14.0 Å². The van der Waals surface area contributed by atoms with Crippen LogP contribution >= 0.6 is 0 Å². The molecule has 2 N–H and O–H groups in total. The number of rotatable bonds is 4. The molecule has 1 aromatic carbocycles. The quantitative estimate of drug-likeness (QED) is 0.287. The summed E-state index contributed by atoms with van der Waals surface area (Å²) in [5.41, 5.74) is -0.0104. The summed E-state index contributed by atoms with van der Waals surface area (Å²) >= 11 is 0. The van der Waals surface area contributed by atoms with Gasteiger partial charge in [0, 0.05) is 12.5 Å². The van der Waals surface area contributed by atoms with Crippen LogP contribution in [0.3, 0.4) is 0 Å². The number of esters is 1. The van der Waals surface area contributed by atoms with Gasteiger partial charge in [-0.3, -0.25) is 9.59 Å². The van der Waals surface area contributed by atoms with Gasteiger partial charge < -0.3 is 15.2 Å². The summed E-state index contributed by atoms with van der Waals surface area (Å²) in [6.45, 7) is 2.45. The number of hydrogen-bond acceptors (Lipinski definition) is 5. The summed E-state index contributed by atoms with van der Waals surface area (Å²) in [6, 6.07) is 6.27. The third kappa shape index (κ3) is 3.44. The van der Waals surface area contributed by atoms with Crippen LogP contribution in [0.2, 0.25) is 0 Å². The summed E-state index contributed by atoms with van der Waals surface area (Å²) in [4.78, 5) is 34.2. The molecular weight excluding hydrogens is 262 g/mol. The molecule has 0 aromatic heterocycles. The van der Waals surface area contributed by atoms with Gasteiger partial charge in [0.05, 0.1) is 12.8 Å². The Kier molecular flexibility index (Phi) is 5.02. The molecule has 0 saturated heterocycles.